The second-order valence-corrected chi connectivity index (χ2v) is 8.94. The first-order valence-electron chi connectivity index (χ1n) is 11.2. The zero-order valence-corrected chi connectivity index (χ0v) is 19.4. The van der Waals surface area contributed by atoms with Gasteiger partial charge >= 0.3 is 0 Å². The van der Waals surface area contributed by atoms with Crippen molar-refractivity contribution < 1.29 is 9.53 Å². The van der Waals surface area contributed by atoms with Crippen LogP contribution in [0.15, 0.2) is 96.2 Å². The monoisotopic (exact) mass is 468 g/mol. The molecule has 4 aromatic rings. The van der Waals surface area contributed by atoms with Gasteiger partial charge in [-0.2, -0.15) is 0 Å². The highest BCUT2D eigenvalue weighted by Crippen LogP contribution is 2.37. The van der Waals surface area contributed by atoms with Crippen LogP contribution in [0, 0.1) is 0 Å². The first kappa shape index (κ1) is 22.3. The van der Waals surface area contributed by atoms with E-state index < -0.39 is 5.25 Å². The van der Waals surface area contributed by atoms with Crippen LogP contribution in [0.25, 0.3) is 22.5 Å². The van der Waals surface area contributed by atoms with E-state index in [4.69, 9.17) is 9.72 Å². The number of aromatic nitrogens is 3. The molecule has 0 aliphatic carbocycles. The Bertz CT molecular complexity index is 1230. The van der Waals surface area contributed by atoms with Crippen molar-refractivity contribution >= 4 is 17.7 Å². The molecule has 1 aromatic heterocycles. The van der Waals surface area contributed by atoms with Gasteiger partial charge in [0.1, 0.15) is 16.6 Å². The predicted molar refractivity (Wildman–Crippen MR) is 133 cm³/mol. The minimum absolute atomic E-state index is 0.0384. The van der Waals surface area contributed by atoms with Crippen LogP contribution in [0.1, 0.15) is 10.8 Å². The maximum absolute atomic E-state index is 13.5. The molecule has 34 heavy (non-hydrogen) atoms. The van der Waals surface area contributed by atoms with Crippen LogP contribution in [-0.2, 0) is 9.53 Å². The van der Waals surface area contributed by atoms with Crippen LogP contribution in [-0.4, -0.2) is 52.3 Å². The van der Waals surface area contributed by atoms with Gasteiger partial charge in [0.2, 0.25) is 11.1 Å². The number of amides is 1. The van der Waals surface area contributed by atoms with Crippen molar-refractivity contribution in [2.75, 3.05) is 26.3 Å². The van der Waals surface area contributed by atoms with E-state index in [-0.39, 0.29) is 5.91 Å². The highest BCUT2D eigenvalue weighted by Gasteiger charge is 2.29. The smallest absolute Gasteiger partial charge is 0.240 e. The van der Waals surface area contributed by atoms with Crippen LogP contribution >= 0.6 is 11.8 Å². The molecule has 1 aliphatic heterocycles. The molecule has 0 unspecified atom stereocenters. The van der Waals surface area contributed by atoms with Crippen molar-refractivity contribution in [3.8, 4) is 22.5 Å². The van der Waals surface area contributed by atoms with Gasteiger partial charge in [-0.3, -0.25) is 4.79 Å². The van der Waals surface area contributed by atoms with E-state index in [9.17, 15) is 4.79 Å². The van der Waals surface area contributed by atoms with Gasteiger partial charge in [0.25, 0.3) is 0 Å². The number of hydrogen-bond acceptors (Lipinski definition) is 6. The summed E-state index contributed by atoms with van der Waals surface area (Å²) < 4.78 is 5.44. The van der Waals surface area contributed by atoms with Crippen LogP contribution in [0.4, 0.5) is 0 Å². The number of carbonyl (C=O) groups excluding carboxylic acids is 1. The van der Waals surface area contributed by atoms with Gasteiger partial charge in [0.15, 0.2) is 0 Å². The van der Waals surface area contributed by atoms with Gasteiger partial charge in [0.05, 0.1) is 13.2 Å². The number of thioether (sulfide) groups is 1. The Hall–Kier alpha value is -3.55. The molecule has 5 rings (SSSR count). The minimum atomic E-state index is -0.465. The van der Waals surface area contributed by atoms with Crippen molar-refractivity contribution in [1.82, 2.24) is 20.1 Å². The van der Waals surface area contributed by atoms with E-state index >= 15 is 0 Å². The van der Waals surface area contributed by atoms with Crippen molar-refractivity contribution in [2.24, 2.45) is 0 Å². The van der Waals surface area contributed by atoms with E-state index in [1.807, 2.05) is 95.9 Å². The average molecular weight is 469 g/mol. The van der Waals surface area contributed by atoms with Gasteiger partial charge < -0.3 is 9.64 Å². The number of benzene rings is 3. The normalized spacial score (nSPS) is 14.5. The van der Waals surface area contributed by atoms with Crippen molar-refractivity contribution in [3.05, 3.63) is 96.6 Å². The van der Waals surface area contributed by atoms with Crippen LogP contribution in [0.5, 0.6) is 0 Å². The van der Waals surface area contributed by atoms with E-state index in [2.05, 4.69) is 10.2 Å². The van der Waals surface area contributed by atoms with E-state index in [0.717, 1.165) is 22.4 Å². The molecule has 170 valence electrons. The summed E-state index contributed by atoms with van der Waals surface area (Å²) in [6, 6.07) is 29.7. The van der Waals surface area contributed by atoms with E-state index in [0.29, 0.717) is 37.2 Å². The molecule has 0 bridgehead atoms. The van der Waals surface area contributed by atoms with Crippen molar-refractivity contribution in [1.29, 1.82) is 0 Å². The predicted octanol–water partition coefficient (Wildman–Crippen LogP) is 4.90. The molecule has 0 N–H and O–H groups in total. The second-order valence-electron chi connectivity index (χ2n) is 7.87. The summed E-state index contributed by atoms with van der Waals surface area (Å²) in [6.07, 6.45) is 0. The zero-order valence-electron chi connectivity index (χ0n) is 18.6. The van der Waals surface area contributed by atoms with Gasteiger partial charge in [-0.1, -0.05) is 103 Å². The lowest BCUT2D eigenvalue weighted by molar-refractivity contribution is -0.134. The van der Waals surface area contributed by atoms with Crippen molar-refractivity contribution in [2.45, 2.75) is 10.4 Å². The van der Waals surface area contributed by atoms with Gasteiger partial charge in [0, 0.05) is 24.2 Å². The minimum Gasteiger partial charge on any atom is -0.378 e. The topological polar surface area (TPSA) is 68.2 Å². The Kier molecular flexibility index (Phi) is 6.93. The number of nitrogens with zero attached hydrogens (tertiary/aromatic N) is 4. The Balaban J connectivity index is 1.53. The highest BCUT2D eigenvalue weighted by molar-refractivity contribution is 8.00. The number of carbonyl (C=O) groups is 1. The maximum atomic E-state index is 13.5. The summed E-state index contributed by atoms with van der Waals surface area (Å²) in [5.41, 5.74) is 4.28. The lowest BCUT2D eigenvalue weighted by Gasteiger charge is -2.30. The Morgan fingerprint density at radius 2 is 1.32 bits per heavy atom. The average Bonchev–Trinajstić information content (AvgIpc) is 2.93. The first-order chi connectivity index (χ1) is 16.8. The Morgan fingerprint density at radius 3 is 1.94 bits per heavy atom. The number of ether oxygens (including phenoxy) is 1. The standard InChI is InChI=1S/C27H24N4O2S/c32-26(31-16-18-33-19-17-31)25(22-14-8-3-9-15-22)34-27-28-23(20-10-4-1-5-11-20)24(29-30-27)21-12-6-2-7-13-21/h1-15,25H,16-19H2/t25-/m0/s1. The third-order valence-corrected chi connectivity index (χ3v) is 6.73. The molecule has 1 fully saturated rings. The van der Waals surface area contributed by atoms with E-state index in [1.165, 1.54) is 11.8 Å². The van der Waals surface area contributed by atoms with E-state index in [1.54, 1.807) is 0 Å². The number of morpholine rings is 1. The summed E-state index contributed by atoms with van der Waals surface area (Å²) in [4.78, 5) is 20.3. The summed E-state index contributed by atoms with van der Waals surface area (Å²) in [5, 5.41) is 9.01. The quantitative estimate of drug-likeness (QED) is 0.375. The first-order valence-corrected chi connectivity index (χ1v) is 12.1. The SMILES string of the molecule is O=C([C@@H](Sc1nnc(-c2ccccc2)c(-c2ccccc2)n1)c1ccccc1)N1CCOCC1. The zero-order chi connectivity index (χ0) is 23.2. The molecule has 1 amide bonds. The summed E-state index contributed by atoms with van der Waals surface area (Å²) in [5.74, 6) is 0.0384. The number of rotatable bonds is 6. The fourth-order valence-corrected chi connectivity index (χ4v) is 4.88. The lowest BCUT2D eigenvalue weighted by Crippen LogP contribution is -2.42. The Morgan fingerprint density at radius 1 is 0.765 bits per heavy atom. The van der Waals surface area contributed by atoms with Gasteiger partial charge in [-0.25, -0.2) is 4.98 Å². The van der Waals surface area contributed by atoms with Crippen LogP contribution < -0.4 is 0 Å². The molecular weight excluding hydrogens is 444 g/mol. The molecule has 0 spiro atoms. The van der Waals surface area contributed by atoms with Crippen LogP contribution in [0.3, 0.4) is 0 Å². The summed E-state index contributed by atoms with van der Waals surface area (Å²) in [7, 11) is 0. The summed E-state index contributed by atoms with van der Waals surface area (Å²) >= 11 is 1.34. The fourth-order valence-electron chi connectivity index (χ4n) is 3.89. The molecule has 2 heterocycles. The largest absolute Gasteiger partial charge is 0.378 e. The molecule has 1 atom stereocenters. The Labute approximate surface area is 203 Å². The summed E-state index contributed by atoms with van der Waals surface area (Å²) in [6.45, 7) is 2.29. The molecule has 1 aliphatic rings. The fraction of sp³-hybridized carbons (Fsp3) is 0.185. The third kappa shape index (κ3) is 5.00. The second kappa shape index (κ2) is 10.6. The molecule has 3 aromatic carbocycles. The van der Waals surface area contributed by atoms with Crippen molar-refractivity contribution in [3.63, 3.8) is 0 Å². The molecule has 7 heteroatoms. The highest BCUT2D eigenvalue weighted by atomic mass is 32.2. The molecule has 1 saturated heterocycles. The van der Waals surface area contributed by atoms with Crippen LogP contribution in [0.2, 0.25) is 0 Å². The third-order valence-electron chi connectivity index (χ3n) is 5.63. The maximum Gasteiger partial charge on any atom is 0.240 e. The van der Waals surface area contributed by atoms with Gasteiger partial charge in [-0.15, -0.1) is 10.2 Å². The number of hydrogen-bond donors (Lipinski definition) is 0. The lowest BCUT2D eigenvalue weighted by atomic mass is 10.0. The molecule has 6 nitrogen and oxygen atoms in total. The van der Waals surface area contributed by atoms with Gasteiger partial charge in [-0.05, 0) is 5.56 Å². The molecular formula is C27H24N4O2S. The molecule has 0 radical (unpaired) electrons. The molecule has 0 saturated carbocycles.